The summed E-state index contributed by atoms with van der Waals surface area (Å²) in [6.07, 6.45) is 2.51. The Bertz CT molecular complexity index is 706. The maximum Gasteiger partial charge on any atom is 0.266 e. The predicted molar refractivity (Wildman–Crippen MR) is 71.4 cm³/mol. The normalized spacial score (nSPS) is 11.3. The topological polar surface area (TPSA) is 98.0 Å². The molecule has 0 saturated carbocycles. The first-order valence-electron chi connectivity index (χ1n) is 4.94. The van der Waals surface area contributed by atoms with Crippen LogP contribution < -0.4 is 10.5 Å². The average Bonchev–Trinajstić information content (AvgIpc) is 2.35. The molecule has 1 aromatic carbocycles. The highest BCUT2D eigenvalue weighted by Crippen LogP contribution is 2.20. The highest BCUT2D eigenvalue weighted by Gasteiger charge is 2.20. The van der Waals surface area contributed by atoms with E-state index in [4.69, 9.17) is 5.73 Å². The van der Waals surface area contributed by atoms with Crippen LogP contribution in [0, 0.1) is 5.82 Å². The lowest BCUT2D eigenvalue weighted by molar-refractivity contribution is 0.570. The minimum absolute atomic E-state index is 0.0231. The lowest BCUT2D eigenvalue weighted by atomic mass is 10.3. The van der Waals surface area contributed by atoms with Crippen molar-refractivity contribution in [3.63, 3.8) is 0 Å². The number of hydrogen-bond acceptors (Lipinski definition) is 5. The summed E-state index contributed by atoms with van der Waals surface area (Å²) in [5.41, 5.74) is 5.59. The molecule has 0 aliphatic carbocycles. The smallest absolute Gasteiger partial charge is 0.266 e. The molecule has 0 saturated heterocycles. The molecule has 0 amide bonds. The van der Waals surface area contributed by atoms with Gasteiger partial charge in [0.15, 0.2) is 5.82 Å². The zero-order valence-corrected chi connectivity index (χ0v) is 11.7. The van der Waals surface area contributed by atoms with Crippen LogP contribution in [0.25, 0.3) is 0 Å². The second kappa shape index (κ2) is 5.10. The van der Waals surface area contributed by atoms with E-state index in [1.165, 1.54) is 18.5 Å². The van der Waals surface area contributed by atoms with E-state index in [0.29, 0.717) is 4.60 Å². The van der Waals surface area contributed by atoms with Crippen molar-refractivity contribution in [1.82, 2.24) is 9.97 Å². The number of nitrogens with two attached hydrogens (primary N) is 1. The molecule has 2 aromatic rings. The standard InChI is InChI=1S/C10H8BrFN4O2S/c11-9-4-15-10(5-14-9)16-19(17,18)8-3-6(13)1-2-7(8)12/h1-5H,13H2,(H,15,16). The Hall–Kier alpha value is -1.74. The number of halogens is 2. The van der Waals surface area contributed by atoms with Gasteiger partial charge in [-0.3, -0.25) is 4.72 Å². The Kier molecular flexibility index (Phi) is 3.67. The molecule has 3 N–H and O–H groups in total. The summed E-state index contributed by atoms with van der Waals surface area (Å²) in [4.78, 5) is 7.05. The minimum atomic E-state index is -4.10. The van der Waals surface area contributed by atoms with E-state index in [1.807, 2.05) is 0 Å². The van der Waals surface area contributed by atoms with E-state index >= 15 is 0 Å². The third-order valence-electron chi connectivity index (χ3n) is 2.10. The number of nitrogen functional groups attached to an aromatic ring is 1. The Balaban J connectivity index is 2.37. The first kappa shape index (κ1) is 13.7. The molecule has 19 heavy (non-hydrogen) atoms. The fraction of sp³-hybridized carbons (Fsp3) is 0. The van der Waals surface area contributed by atoms with E-state index in [9.17, 15) is 12.8 Å². The highest BCUT2D eigenvalue weighted by atomic mass is 79.9. The van der Waals surface area contributed by atoms with Crippen molar-refractivity contribution in [2.45, 2.75) is 4.90 Å². The lowest BCUT2D eigenvalue weighted by Crippen LogP contribution is -2.16. The van der Waals surface area contributed by atoms with Gasteiger partial charge in [0.25, 0.3) is 10.0 Å². The van der Waals surface area contributed by atoms with Crippen LogP contribution in [-0.4, -0.2) is 18.4 Å². The molecular weight excluding hydrogens is 339 g/mol. The summed E-state index contributed by atoms with van der Waals surface area (Å²) < 4.78 is 40.0. The number of anilines is 2. The number of hydrogen-bond donors (Lipinski definition) is 2. The van der Waals surface area contributed by atoms with Crippen molar-refractivity contribution in [3.05, 3.63) is 41.0 Å². The Morgan fingerprint density at radius 1 is 1.26 bits per heavy atom. The second-order valence-corrected chi connectivity index (χ2v) is 5.98. The van der Waals surface area contributed by atoms with Crippen LogP contribution in [0.15, 0.2) is 40.1 Å². The molecular formula is C10H8BrFN4O2S. The van der Waals surface area contributed by atoms with Gasteiger partial charge in [0.1, 0.15) is 15.3 Å². The molecule has 0 radical (unpaired) electrons. The summed E-state index contributed by atoms with van der Waals surface area (Å²) in [6.45, 7) is 0. The van der Waals surface area contributed by atoms with Gasteiger partial charge in [0, 0.05) is 5.69 Å². The third kappa shape index (κ3) is 3.18. The third-order valence-corrected chi connectivity index (χ3v) is 3.88. The van der Waals surface area contributed by atoms with Crippen LogP contribution >= 0.6 is 15.9 Å². The fourth-order valence-corrected chi connectivity index (χ4v) is 2.59. The predicted octanol–water partition coefficient (Wildman–Crippen LogP) is 1.76. The van der Waals surface area contributed by atoms with Crippen molar-refractivity contribution in [2.24, 2.45) is 0 Å². The largest absolute Gasteiger partial charge is 0.399 e. The van der Waals surface area contributed by atoms with Crippen molar-refractivity contribution in [3.8, 4) is 0 Å². The molecule has 0 spiro atoms. The Morgan fingerprint density at radius 2 is 2.00 bits per heavy atom. The number of rotatable bonds is 3. The van der Waals surface area contributed by atoms with Gasteiger partial charge < -0.3 is 5.73 Å². The van der Waals surface area contributed by atoms with Crippen LogP contribution in [0.5, 0.6) is 0 Å². The molecule has 0 fully saturated rings. The summed E-state index contributed by atoms with van der Waals surface area (Å²) in [5, 5.41) is 0. The first-order valence-corrected chi connectivity index (χ1v) is 7.21. The van der Waals surface area contributed by atoms with Gasteiger partial charge in [0.2, 0.25) is 0 Å². The lowest BCUT2D eigenvalue weighted by Gasteiger charge is -2.08. The Labute approximate surface area is 117 Å². The maximum atomic E-state index is 13.5. The number of aromatic nitrogens is 2. The molecule has 0 aliphatic rings. The summed E-state index contributed by atoms with van der Waals surface area (Å²) in [6, 6.07) is 3.29. The van der Waals surface area contributed by atoms with Crippen molar-refractivity contribution >= 4 is 37.5 Å². The van der Waals surface area contributed by atoms with E-state index in [2.05, 4.69) is 30.6 Å². The molecule has 6 nitrogen and oxygen atoms in total. The second-order valence-electron chi connectivity index (χ2n) is 3.52. The van der Waals surface area contributed by atoms with Crippen LogP contribution in [0.2, 0.25) is 0 Å². The van der Waals surface area contributed by atoms with E-state index in [-0.39, 0.29) is 11.5 Å². The number of nitrogens with one attached hydrogen (secondary N) is 1. The van der Waals surface area contributed by atoms with Gasteiger partial charge in [-0.15, -0.1) is 0 Å². The summed E-state index contributed by atoms with van der Waals surface area (Å²) >= 11 is 3.06. The van der Waals surface area contributed by atoms with Crippen LogP contribution in [-0.2, 0) is 10.0 Å². The number of sulfonamides is 1. The van der Waals surface area contributed by atoms with Crippen LogP contribution in [0.1, 0.15) is 0 Å². The quantitative estimate of drug-likeness (QED) is 0.825. The molecule has 100 valence electrons. The van der Waals surface area contributed by atoms with Crippen molar-refractivity contribution in [2.75, 3.05) is 10.5 Å². The zero-order valence-electron chi connectivity index (χ0n) is 9.34. The van der Waals surface area contributed by atoms with Gasteiger partial charge in [-0.25, -0.2) is 22.8 Å². The van der Waals surface area contributed by atoms with Crippen molar-refractivity contribution < 1.29 is 12.8 Å². The maximum absolute atomic E-state index is 13.5. The molecule has 2 rings (SSSR count). The average molecular weight is 347 g/mol. The number of benzene rings is 1. The minimum Gasteiger partial charge on any atom is -0.399 e. The van der Waals surface area contributed by atoms with Crippen LogP contribution in [0.4, 0.5) is 15.9 Å². The molecule has 0 unspecified atom stereocenters. The SMILES string of the molecule is Nc1ccc(F)c(S(=O)(=O)Nc2cnc(Br)cn2)c1. The molecule has 0 bridgehead atoms. The molecule has 1 heterocycles. The van der Waals surface area contributed by atoms with E-state index in [1.54, 1.807) is 0 Å². The molecule has 1 aromatic heterocycles. The van der Waals surface area contributed by atoms with Gasteiger partial charge in [-0.1, -0.05) is 0 Å². The van der Waals surface area contributed by atoms with Crippen molar-refractivity contribution in [1.29, 1.82) is 0 Å². The highest BCUT2D eigenvalue weighted by molar-refractivity contribution is 9.10. The van der Waals surface area contributed by atoms with Gasteiger partial charge in [0.05, 0.1) is 12.4 Å². The zero-order chi connectivity index (χ0) is 14.0. The van der Waals surface area contributed by atoms with Gasteiger partial charge >= 0.3 is 0 Å². The van der Waals surface area contributed by atoms with Crippen LogP contribution in [0.3, 0.4) is 0 Å². The fourth-order valence-electron chi connectivity index (χ4n) is 1.28. The van der Waals surface area contributed by atoms with E-state index < -0.39 is 20.7 Å². The first-order chi connectivity index (χ1) is 8.88. The van der Waals surface area contributed by atoms with Gasteiger partial charge in [-0.2, -0.15) is 0 Å². The van der Waals surface area contributed by atoms with Gasteiger partial charge in [-0.05, 0) is 34.1 Å². The molecule has 9 heteroatoms. The molecule has 0 atom stereocenters. The number of nitrogens with zero attached hydrogens (tertiary/aromatic N) is 2. The Morgan fingerprint density at radius 3 is 2.63 bits per heavy atom. The summed E-state index contributed by atoms with van der Waals surface area (Å²) in [5.74, 6) is -0.920. The van der Waals surface area contributed by atoms with E-state index in [0.717, 1.165) is 12.1 Å². The molecule has 0 aliphatic heterocycles. The summed E-state index contributed by atoms with van der Waals surface area (Å²) in [7, 11) is -4.10. The monoisotopic (exact) mass is 346 g/mol.